The van der Waals surface area contributed by atoms with Gasteiger partial charge >= 0.3 is 0 Å². The Hall–Kier alpha value is -0.570. The minimum atomic E-state index is 0.427. The van der Waals surface area contributed by atoms with Gasteiger partial charge in [0, 0.05) is 11.1 Å². The average Bonchev–Trinajstić information content (AvgIpc) is 3.01. The van der Waals surface area contributed by atoms with Crippen molar-refractivity contribution >= 4 is 11.6 Å². The second-order valence-electron chi connectivity index (χ2n) is 3.94. The van der Waals surface area contributed by atoms with Gasteiger partial charge in [0.15, 0.2) is 0 Å². The van der Waals surface area contributed by atoms with Crippen LogP contribution < -0.4 is 11.3 Å². The van der Waals surface area contributed by atoms with Gasteiger partial charge in [-0.15, -0.1) is 0 Å². The molecule has 0 spiro atoms. The zero-order valence-electron chi connectivity index (χ0n) is 8.04. The minimum absolute atomic E-state index is 0.427. The summed E-state index contributed by atoms with van der Waals surface area (Å²) in [5.41, 5.74) is 4.19. The molecular weight excluding hydrogens is 196 g/mol. The van der Waals surface area contributed by atoms with E-state index in [9.17, 15) is 0 Å². The number of rotatable bonds is 4. The van der Waals surface area contributed by atoms with Crippen LogP contribution in [0.3, 0.4) is 0 Å². The molecule has 1 unspecified atom stereocenters. The lowest BCUT2D eigenvalue weighted by molar-refractivity contribution is 0.472. The molecule has 0 saturated heterocycles. The van der Waals surface area contributed by atoms with E-state index in [4.69, 9.17) is 17.4 Å². The Balaban J connectivity index is 1.98. The number of hydrazine groups is 1. The summed E-state index contributed by atoms with van der Waals surface area (Å²) in [6.45, 7) is 0. The van der Waals surface area contributed by atoms with Crippen molar-refractivity contribution in [1.29, 1.82) is 0 Å². The van der Waals surface area contributed by atoms with Crippen molar-refractivity contribution in [2.24, 2.45) is 11.8 Å². The second kappa shape index (κ2) is 4.30. The standard InChI is InChI=1S/C11H15ClN2/c12-10-5-1-8(2-6-10)7-11(14-13)9-3-4-9/h1-2,5-6,9,11,14H,3-4,7,13H2. The van der Waals surface area contributed by atoms with Gasteiger partial charge in [-0.1, -0.05) is 23.7 Å². The summed E-state index contributed by atoms with van der Waals surface area (Å²) >= 11 is 5.82. The first-order valence-corrected chi connectivity index (χ1v) is 5.38. The maximum Gasteiger partial charge on any atom is 0.0406 e. The summed E-state index contributed by atoms with van der Waals surface area (Å²) in [6.07, 6.45) is 3.61. The fourth-order valence-corrected chi connectivity index (χ4v) is 1.86. The number of hydrogen-bond acceptors (Lipinski definition) is 2. The van der Waals surface area contributed by atoms with E-state index >= 15 is 0 Å². The van der Waals surface area contributed by atoms with Crippen LogP contribution in [0.2, 0.25) is 5.02 Å². The first-order chi connectivity index (χ1) is 6.79. The molecule has 2 nitrogen and oxygen atoms in total. The van der Waals surface area contributed by atoms with Gasteiger partial charge in [0.05, 0.1) is 0 Å². The van der Waals surface area contributed by atoms with Crippen LogP contribution in [-0.4, -0.2) is 6.04 Å². The molecule has 0 amide bonds. The quantitative estimate of drug-likeness (QED) is 0.590. The van der Waals surface area contributed by atoms with Crippen molar-refractivity contribution in [1.82, 2.24) is 5.43 Å². The summed E-state index contributed by atoms with van der Waals surface area (Å²) in [7, 11) is 0. The van der Waals surface area contributed by atoms with Crippen LogP contribution in [0.1, 0.15) is 18.4 Å². The fourth-order valence-electron chi connectivity index (χ4n) is 1.73. The Bertz CT molecular complexity index is 293. The molecule has 14 heavy (non-hydrogen) atoms. The highest BCUT2D eigenvalue weighted by molar-refractivity contribution is 6.30. The van der Waals surface area contributed by atoms with Crippen molar-refractivity contribution in [3.63, 3.8) is 0 Å². The lowest BCUT2D eigenvalue weighted by atomic mass is 10.0. The lowest BCUT2D eigenvalue weighted by Gasteiger charge is -2.14. The molecule has 0 radical (unpaired) electrons. The summed E-state index contributed by atoms with van der Waals surface area (Å²) < 4.78 is 0. The van der Waals surface area contributed by atoms with Crippen molar-refractivity contribution in [2.45, 2.75) is 25.3 Å². The molecule has 1 aromatic carbocycles. The molecule has 76 valence electrons. The van der Waals surface area contributed by atoms with Crippen LogP contribution in [-0.2, 0) is 6.42 Å². The third-order valence-corrected chi connectivity index (χ3v) is 3.03. The van der Waals surface area contributed by atoms with E-state index in [1.807, 2.05) is 12.1 Å². The van der Waals surface area contributed by atoms with Crippen LogP contribution in [0.4, 0.5) is 0 Å². The third-order valence-electron chi connectivity index (χ3n) is 2.77. The normalized spacial score (nSPS) is 18.1. The van der Waals surface area contributed by atoms with E-state index in [0.717, 1.165) is 17.4 Å². The molecule has 0 heterocycles. The maximum absolute atomic E-state index is 5.82. The van der Waals surface area contributed by atoms with Crippen LogP contribution in [0.25, 0.3) is 0 Å². The van der Waals surface area contributed by atoms with Gasteiger partial charge in [0.1, 0.15) is 0 Å². The van der Waals surface area contributed by atoms with Gasteiger partial charge in [0.25, 0.3) is 0 Å². The number of nitrogens with two attached hydrogens (primary N) is 1. The Morgan fingerprint density at radius 3 is 2.50 bits per heavy atom. The number of hydrogen-bond donors (Lipinski definition) is 2. The number of benzene rings is 1. The average molecular weight is 211 g/mol. The van der Waals surface area contributed by atoms with Crippen molar-refractivity contribution in [3.8, 4) is 0 Å². The highest BCUT2D eigenvalue weighted by atomic mass is 35.5. The SMILES string of the molecule is NNC(Cc1ccc(Cl)cc1)C1CC1. The van der Waals surface area contributed by atoms with Gasteiger partial charge in [-0.05, 0) is 42.9 Å². The maximum atomic E-state index is 5.82. The predicted octanol–water partition coefficient (Wildman–Crippen LogP) is 2.12. The number of halogens is 1. The molecule has 2 rings (SSSR count). The van der Waals surface area contributed by atoms with E-state index in [0.29, 0.717) is 6.04 Å². The summed E-state index contributed by atoms with van der Waals surface area (Å²) in [4.78, 5) is 0. The van der Waals surface area contributed by atoms with Crippen molar-refractivity contribution < 1.29 is 0 Å². The van der Waals surface area contributed by atoms with E-state index in [1.54, 1.807) is 0 Å². The van der Waals surface area contributed by atoms with Crippen LogP contribution in [0, 0.1) is 5.92 Å². The molecule has 1 aliphatic carbocycles. The Morgan fingerprint density at radius 1 is 1.36 bits per heavy atom. The van der Waals surface area contributed by atoms with E-state index < -0.39 is 0 Å². The van der Waals surface area contributed by atoms with Crippen LogP contribution in [0.5, 0.6) is 0 Å². The molecule has 1 aromatic rings. The Labute approximate surface area is 89.4 Å². The molecule has 0 aliphatic heterocycles. The van der Waals surface area contributed by atoms with Crippen molar-refractivity contribution in [3.05, 3.63) is 34.9 Å². The summed E-state index contributed by atoms with van der Waals surface area (Å²) in [5.74, 6) is 6.29. The van der Waals surface area contributed by atoms with Gasteiger partial charge in [-0.3, -0.25) is 11.3 Å². The van der Waals surface area contributed by atoms with Crippen LogP contribution in [0.15, 0.2) is 24.3 Å². The molecule has 1 saturated carbocycles. The molecule has 0 aromatic heterocycles. The van der Waals surface area contributed by atoms with E-state index in [2.05, 4.69) is 17.6 Å². The highest BCUT2D eigenvalue weighted by Gasteiger charge is 2.30. The highest BCUT2D eigenvalue weighted by Crippen LogP contribution is 2.33. The third kappa shape index (κ3) is 2.47. The molecule has 1 atom stereocenters. The molecule has 0 bridgehead atoms. The molecule has 3 heteroatoms. The second-order valence-corrected chi connectivity index (χ2v) is 4.38. The minimum Gasteiger partial charge on any atom is -0.271 e. The molecule has 1 fully saturated rings. The van der Waals surface area contributed by atoms with Gasteiger partial charge < -0.3 is 0 Å². The largest absolute Gasteiger partial charge is 0.271 e. The smallest absolute Gasteiger partial charge is 0.0406 e. The summed E-state index contributed by atoms with van der Waals surface area (Å²) in [6, 6.07) is 8.41. The molecular formula is C11H15ClN2. The topological polar surface area (TPSA) is 38.0 Å². The van der Waals surface area contributed by atoms with Gasteiger partial charge in [0.2, 0.25) is 0 Å². The zero-order chi connectivity index (χ0) is 9.97. The number of nitrogens with one attached hydrogen (secondary N) is 1. The van der Waals surface area contributed by atoms with Gasteiger partial charge in [-0.2, -0.15) is 0 Å². The van der Waals surface area contributed by atoms with Crippen molar-refractivity contribution in [2.75, 3.05) is 0 Å². The lowest BCUT2D eigenvalue weighted by Crippen LogP contribution is -2.38. The fraction of sp³-hybridized carbons (Fsp3) is 0.455. The van der Waals surface area contributed by atoms with Gasteiger partial charge in [-0.25, -0.2) is 0 Å². The Kier molecular flexibility index (Phi) is 3.06. The Morgan fingerprint density at radius 2 is 2.00 bits per heavy atom. The van der Waals surface area contributed by atoms with E-state index in [-0.39, 0.29) is 0 Å². The van der Waals surface area contributed by atoms with E-state index in [1.165, 1.54) is 18.4 Å². The summed E-state index contributed by atoms with van der Waals surface area (Å²) in [5, 5.41) is 0.789. The monoisotopic (exact) mass is 210 g/mol. The first-order valence-electron chi connectivity index (χ1n) is 5.00. The molecule has 1 aliphatic rings. The van der Waals surface area contributed by atoms with Crippen LogP contribution >= 0.6 is 11.6 Å². The zero-order valence-corrected chi connectivity index (χ0v) is 8.80. The molecule has 3 N–H and O–H groups in total. The predicted molar refractivity (Wildman–Crippen MR) is 59.0 cm³/mol. The first kappa shape index (κ1) is 9.97.